The van der Waals surface area contributed by atoms with Crippen LogP contribution in [0.25, 0.3) is 16.6 Å². The Morgan fingerprint density at radius 1 is 1.10 bits per heavy atom. The molecule has 3 amide bonds. The molecule has 0 aliphatic carbocycles. The maximum Gasteiger partial charge on any atom is 0.410 e. The predicted octanol–water partition coefficient (Wildman–Crippen LogP) is 4.62. The van der Waals surface area contributed by atoms with Gasteiger partial charge in [-0.2, -0.15) is 0 Å². The van der Waals surface area contributed by atoms with Gasteiger partial charge in [-0.15, -0.1) is 0 Å². The number of carbonyl (C=O) groups is 3. The number of aliphatic imine (C=N–C) groups is 1. The maximum absolute atomic E-state index is 12.9. The summed E-state index contributed by atoms with van der Waals surface area (Å²) in [5.74, 6) is 0.0304. The summed E-state index contributed by atoms with van der Waals surface area (Å²) in [5.41, 5.74) is 9.65. The predicted molar refractivity (Wildman–Crippen MR) is 158 cm³/mol. The second kappa shape index (κ2) is 11.2. The maximum atomic E-state index is 12.9. The minimum Gasteiger partial charge on any atom is -0.444 e. The number of piperidine rings is 1. The Bertz CT molecular complexity index is 1520. The molecule has 2 aliphatic heterocycles. The number of allylic oxidation sites excluding steroid dienone is 1. The highest BCUT2D eigenvalue weighted by atomic mass is 16.6. The molecule has 10 heteroatoms. The fourth-order valence-electron chi connectivity index (χ4n) is 5.27. The first-order valence-electron chi connectivity index (χ1n) is 14.0. The summed E-state index contributed by atoms with van der Waals surface area (Å²) in [4.78, 5) is 50.7. The van der Waals surface area contributed by atoms with Crippen LogP contribution in [-0.2, 0) is 17.8 Å². The lowest BCUT2D eigenvalue weighted by Crippen LogP contribution is -2.42. The Kier molecular flexibility index (Phi) is 7.66. The second-order valence-corrected chi connectivity index (χ2v) is 11.3. The number of imide groups is 1. The summed E-state index contributed by atoms with van der Waals surface area (Å²) in [6, 6.07) is 12.8. The smallest absolute Gasteiger partial charge is 0.410 e. The van der Waals surface area contributed by atoms with Crippen LogP contribution in [0.15, 0.2) is 53.7 Å². The van der Waals surface area contributed by atoms with Crippen molar-refractivity contribution in [1.29, 1.82) is 0 Å². The molecule has 1 aromatic heterocycles. The lowest BCUT2D eigenvalue weighted by molar-refractivity contribution is 0.0207. The summed E-state index contributed by atoms with van der Waals surface area (Å²) < 4.78 is 7.50. The Morgan fingerprint density at radius 2 is 1.76 bits per heavy atom. The molecule has 2 N–H and O–H groups in total. The Morgan fingerprint density at radius 3 is 2.34 bits per heavy atom. The van der Waals surface area contributed by atoms with E-state index in [0.29, 0.717) is 36.6 Å². The Labute approximate surface area is 239 Å². The molecule has 0 unspecified atom stereocenters. The molecule has 0 bridgehead atoms. The lowest BCUT2D eigenvalue weighted by Gasteiger charge is -2.32. The van der Waals surface area contributed by atoms with Crippen LogP contribution in [-0.4, -0.2) is 68.2 Å². The number of fused-ring (bicyclic) bond motifs is 2. The van der Waals surface area contributed by atoms with Gasteiger partial charge >= 0.3 is 6.09 Å². The molecule has 5 rings (SSSR count). The van der Waals surface area contributed by atoms with Crippen molar-refractivity contribution in [3.05, 3.63) is 71.2 Å². The topological polar surface area (TPSA) is 123 Å². The van der Waals surface area contributed by atoms with E-state index in [2.05, 4.69) is 0 Å². The van der Waals surface area contributed by atoms with Crippen LogP contribution in [0.5, 0.6) is 0 Å². The number of benzene rings is 2. The highest BCUT2D eigenvalue weighted by molar-refractivity contribution is 6.21. The molecule has 0 saturated carbocycles. The summed E-state index contributed by atoms with van der Waals surface area (Å²) in [6.45, 7) is 9.49. The van der Waals surface area contributed by atoms with Gasteiger partial charge in [-0.05, 0) is 70.4 Å². The summed E-state index contributed by atoms with van der Waals surface area (Å²) in [6.07, 6.45) is 4.53. The zero-order valence-electron chi connectivity index (χ0n) is 24.0. The van der Waals surface area contributed by atoms with E-state index < -0.39 is 5.60 Å². The fraction of sp³-hybridized carbons (Fsp3) is 0.387. The lowest BCUT2D eigenvalue weighted by atomic mass is 10.0. The summed E-state index contributed by atoms with van der Waals surface area (Å²) in [5, 5.41) is 0. The first kappa shape index (κ1) is 28.1. The number of likely N-dealkylation sites (tertiary alicyclic amines) is 1. The third kappa shape index (κ3) is 5.73. The molecule has 0 radical (unpaired) electrons. The molecule has 10 nitrogen and oxygen atoms in total. The quantitative estimate of drug-likeness (QED) is 0.349. The number of carbonyl (C=O) groups excluding carboxylic acids is 3. The number of amides is 3. The number of rotatable bonds is 6. The van der Waals surface area contributed by atoms with Gasteiger partial charge in [0.25, 0.3) is 11.8 Å². The van der Waals surface area contributed by atoms with Crippen LogP contribution >= 0.6 is 0 Å². The molecule has 0 atom stereocenters. The standard InChI is InChI=1S/C31H36N6O4/c1-5-36-26-16-20(21(17-32)18-33-22-12-14-35(15-13-22)30(40)41-31(2,3)4)10-11-25(26)34-27(36)19-37-28(38)23-8-6-7-9-24(23)29(37)39/h6-11,16-18,22H,5,12-15,19,32H2,1-4H3. The van der Waals surface area contributed by atoms with E-state index in [1.54, 1.807) is 35.4 Å². The highest BCUT2D eigenvalue weighted by Crippen LogP contribution is 2.27. The van der Waals surface area contributed by atoms with Gasteiger partial charge in [0.15, 0.2) is 0 Å². The normalized spacial score (nSPS) is 16.7. The summed E-state index contributed by atoms with van der Waals surface area (Å²) in [7, 11) is 0. The van der Waals surface area contributed by atoms with Gasteiger partial charge in [-0.1, -0.05) is 18.2 Å². The van der Waals surface area contributed by atoms with Gasteiger partial charge in [-0.25, -0.2) is 9.78 Å². The van der Waals surface area contributed by atoms with Crippen molar-refractivity contribution in [1.82, 2.24) is 19.4 Å². The van der Waals surface area contributed by atoms with Crippen LogP contribution < -0.4 is 5.73 Å². The molecule has 2 aliphatic rings. The van der Waals surface area contributed by atoms with Crippen molar-refractivity contribution in [3.63, 3.8) is 0 Å². The van der Waals surface area contributed by atoms with Crippen molar-refractivity contribution in [2.45, 2.75) is 65.3 Å². The zero-order chi connectivity index (χ0) is 29.3. The van der Waals surface area contributed by atoms with Crippen LogP contribution in [0.2, 0.25) is 0 Å². The van der Waals surface area contributed by atoms with Crippen molar-refractivity contribution in [2.75, 3.05) is 13.1 Å². The van der Waals surface area contributed by atoms with E-state index in [1.807, 2.05) is 50.5 Å². The van der Waals surface area contributed by atoms with Crippen molar-refractivity contribution >= 4 is 40.7 Å². The second-order valence-electron chi connectivity index (χ2n) is 11.3. The van der Waals surface area contributed by atoms with Crippen LogP contribution in [0, 0.1) is 0 Å². The number of nitrogens with zero attached hydrogens (tertiary/aromatic N) is 5. The van der Waals surface area contributed by atoms with Gasteiger partial charge in [0.1, 0.15) is 11.4 Å². The highest BCUT2D eigenvalue weighted by Gasteiger charge is 2.36. The molecule has 1 saturated heterocycles. The van der Waals surface area contributed by atoms with E-state index in [4.69, 9.17) is 20.4 Å². The van der Waals surface area contributed by atoms with Crippen molar-refractivity contribution in [2.24, 2.45) is 10.7 Å². The van der Waals surface area contributed by atoms with Gasteiger partial charge in [0.2, 0.25) is 0 Å². The molecule has 41 heavy (non-hydrogen) atoms. The van der Waals surface area contributed by atoms with E-state index in [0.717, 1.165) is 35.0 Å². The Balaban J connectivity index is 1.30. The molecular weight excluding hydrogens is 520 g/mol. The van der Waals surface area contributed by atoms with Crippen LogP contribution in [0.4, 0.5) is 4.79 Å². The molecular formula is C31H36N6O4. The Hall–Kier alpha value is -4.47. The van der Waals surface area contributed by atoms with Crippen molar-refractivity contribution in [3.8, 4) is 0 Å². The molecule has 0 spiro atoms. The third-order valence-corrected chi connectivity index (χ3v) is 7.37. The minimum absolute atomic E-state index is 0.0831. The largest absolute Gasteiger partial charge is 0.444 e. The number of hydrogen-bond donors (Lipinski definition) is 1. The van der Waals surface area contributed by atoms with Crippen LogP contribution in [0.3, 0.4) is 0 Å². The third-order valence-electron chi connectivity index (χ3n) is 7.37. The minimum atomic E-state index is -0.517. The molecule has 214 valence electrons. The number of hydrogen-bond acceptors (Lipinski definition) is 7. The van der Waals surface area contributed by atoms with Gasteiger partial charge in [0, 0.05) is 37.6 Å². The van der Waals surface area contributed by atoms with Crippen LogP contribution in [0.1, 0.15) is 72.6 Å². The van der Waals surface area contributed by atoms with E-state index in [1.165, 1.54) is 11.1 Å². The van der Waals surface area contributed by atoms with Crippen molar-refractivity contribution < 1.29 is 19.1 Å². The van der Waals surface area contributed by atoms with E-state index in [9.17, 15) is 14.4 Å². The first-order valence-corrected chi connectivity index (χ1v) is 14.0. The van der Waals surface area contributed by atoms with Gasteiger partial charge in [-0.3, -0.25) is 19.5 Å². The first-order chi connectivity index (χ1) is 19.6. The molecule has 1 fully saturated rings. The van der Waals surface area contributed by atoms with E-state index >= 15 is 0 Å². The number of aromatic nitrogens is 2. The zero-order valence-corrected chi connectivity index (χ0v) is 24.0. The van der Waals surface area contributed by atoms with E-state index in [-0.39, 0.29) is 30.5 Å². The molecule has 2 aromatic carbocycles. The van der Waals surface area contributed by atoms with Gasteiger partial charge in [0.05, 0.1) is 34.7 Å². The number of imidazole rings is 1. The fourth-order valence-corrected chi connectivity index (χ4v) is 5.27. The molecule has 3 aromatic rings. The average Bonchev–Trinajstić information content (AvgIpc) is 3.42. The number of aryl methyl sites for hydroxylation is 1. The summed E-state index contributed by atoms with van der Waals surface area (Å²) >= 11 is 0. The SMILES string of the molecule is CCn1c(CN2C(=O)c3ccccc3C2=O)nc2ccc(C(C=NC3CCN(C(=O)OC(C)(C)C)CC3)=CN)cc21. The number of nitrogens with two attached hydrogens (primary N) is 1. The van der Waals surface area contributed by atoms with Gasteiger partial charge < -0.3 is 19.9 Å². The average molecular weight is 557 g/mol. The molecule has 3 heterocycles. The number of ether oxygens (including phenoxy) is 1. The monoisotopic (exact) mass is 556 g/mol.